The molecule has 0 aromatic rings. The van der Waals surface area contributed by atoms with Crippen LogP contribution in [0.3, 0.4) is 0 Å². The maximum absolute atomic E-state index is 5.66. The molecule has 2 saturated heterocycles. The van der Waals surface area contributed by atoms with Crippen LogP contribution in [0.2, 0.25) is 12.6 Å². The van der Waals surface area contributed by atoms with E-state index in [1.165, 1.54) is 0 Å². The first-order valence-electron chi connectivity index (χ1n) is 5.37. The Labute approximate surface area is 85.5 Å². The Balaban J connectivity index is 1.80. The Morgan fingerprint density at radius 2 is 1.36 bits per heavy atom. The third kappa shape index (κ3) is 2.14. The third-order valence-electron chi connectivity index (χ3n) is 2.63. The minimum absolute atomic E-state index is 0.0516. The molecule has 2 fully saturated rings. The zero-order valence-electron chi connectivity index (χ0n) is 8.77. The fraction of sp³-hybridized carbons (Fsp3) is 1.00. The van der Waals surface area contributed by atoms with Gasteiger partial charge in [-0.1, -0.05) is 13.8 Å². The van der Waals surface area contributed by atoms with Gasteiger partial charge in [0.25, 0.3) is 0 Å². The highest BCUT2D eigenvalue weighted by Gasteiger charge is 2.40. The van der Waals surface area contributed by atoms with E-state index in [0.29, 0.717) is 13.2 Å². The summed E-state index contributed by atoms with van der Waals surface area (Å²) in [6.45, 7) is 5.35. The van der Waals surface area contributed by atoms with Crippen LogP contribution >= 0.6 is 0 Å². The highest BCUT2D eigenvalue weighted by atomic mass is 16.7. The lowest BCUT2D eigenvalue weighted by molar-refractivity contribution is 0.0804. The third-order valence-corrected chi connectivity index (χ3v) is 2.63. The van der Waals surface area contributed by atoms with E-state index in [1.54, 1.807) is 0 Å². The van der Waals surface area contributed by atoms with E-state index in [9.17, 15) is 0 Å². The van der Waals surface area contributed by atoms with Gasteiger partial charge in [0.2, 0.25) is 0 Å². The summed E-state index contributed by atoms with van der Waals surface area (Å²) in [7, 11) is -0.103. The predicted octanol–water partition coefficient (Wildman–Crippen LogP) is 0.833. The molecule has 0 radical (unpaired) electrons. The maximum Gasteiger partial charge on any atom is 0.457 e. The smallest absolute Gasteiger partial charge is 0.408 e. The van der Waals surface area contributed by atoms with Gasteiger partial charge in [0.1, 0.15) is 0 Å². The monoisotopic (exact) mass is 198 g/mol. The molecule has 0 aromatic carbocycles. The van der Waals surface area contributed by atoms with Crippen molar-refractivity contribution in [2.75, 3.05) is 13.2 Å². The zero-order chi connectivity index (χ0) is 9.97. The van der Waals surface area contributed by atoms with Crippen LogP contribution < -0.4 is 0 Å². The summed E-state index contributed by atoms with van der Waals surface area (Å²) in [6.07, 6.45) is 1.88. The molecule has 6 heteroatoms. The first-order chi connectivity index (χ1) is 6.83. The molecule has 0 spiro atoms. The number of rotatable bonds is 3. The quantitative estimate of drug-likeness (QED) is 0.629. The van der Waals surface area contributed by atoms with Crippen molar-refractivity contribution < 1.29 is 18.6 Å². The Morgan fingerprint density at radius 3 is 1.64 bits per heavy atom. The fourth-order valence-corrected chi connectivity index (χ4v) is 1.77. The number of hydrogen-bond acceptors (Lipinski definition) is 4. The normalized spacial score (nSPS) is 33.0. The molecule has 0 unspecified atom stereocenters. The van der Waals surface area contributed by atoms with Crippen LogP contribution in [0.15, 0.2) is 0 Å². The van der Waals surface area contributed by atoms with E-state index >= 15 is 0 Å². The molecule has 0 bridgehead atoms. The van der Waals surface area contributed by atoms with Crippen molar-refractivity contribution >= 4 is 14.2 Å². The van der Waals surface area contributed by atoms with Crippen molar-refractivity contribution in [3.05, 3.63) is 0 Å². The standard InChI is InChI=1S/C8H16B2O4/c1-3-9-11-5-7(13-9)8-6-12-10(4-2)14-8/h7-8H,3-6H2,1-2H3/t7-,8+. The molecular weight excluding hydrogens is 182 g/mol. The lowest BCUT2D eigenvalue weighted by Gasteiger charge is -2.16. The minimum atomic E-state index is -0.0516. The van der Waals surface area contributed by atoms with Gasteiger partial charge in [-0.25, -0.2) is 0 Å². The van der Waals surface area contributed by atoms with Crippen LogP contribution in [-0.4, -0.2) is 39.7 Å². The lowest BCUT2D eigenvalue weighted by atomic mass is 9.86. The molecule has 2 aliphatic heterocycles. The summed E-state index contributed by atoms with van der Waals surface area (Å²) in [4.78, 5) is 0. The van der Waals surface area contributed by atoms with E-state index in [4.69, 9.17) is 18.6 Å². The van der Waals surface area contributed by atoms with Gasteiger partial charge in [-0.15, -0.1) is 0 Å². The number of hydrogen-bond donors (Lipinski definition) is 0. The van der Waals surface area contributed by atoms with Crippen LogP contribution in [-0.2, 0) is 18.6 Å². The summed E-state index contributed by atoms with van der Waals surface area (Å²) in [5, 5.41) is 0. The highest BCUT2D eigenvalue weighted by Crippen LogP contribution is 2.22. The van der Waals surface area contributed by atoms with Crippen molar-refractivity contribution in [1.82, 2.24) is 0 Å². The van der Waals surface area contributed by atoms with E-state index in [-0.39, 0.29) is 26.4 Å². The first-order valence-corrected chi connectivity index (χ1v) is 5.37. The molecule has 0 amide bonds. The van der Waals surface area contributed by atoms with Gasteiger partial charge < -0.3 is 18.6 Å². The molecule has 14 heavy (non-hydrogen) atoms. The Morgan fingerprint density at radius 1 is 0.929 bits per heavy atom. The molecule has 2 heterocycles. The summed E-state index contributed by atoms with van der Waals surface area (Å²) < 4.78 is 22.2. The Kier molecular flexibility index (Phi) is 3.49. The zero-order valence-corrected chi connectivity index (χ0v) is 8.77. The SMILES string of the molecule is CCB1OC[C@@H]([C@H]2COB(CC)O2)O1. The van der Waals surface area contributed by atoms with Crippen LogP contribution in [0.5, 0.6) is 0 Å². The van der Waals surface area contributed by atoms with Crippen LogP contribution in [0.25, 0.3) is 0 Å². The van der Waals surface area contributed by atoms with E-state index in [1.807, 2.05) is 13.8 Å². The molecule has 0 aromatic heterocycles. The topological polar surface area (TPSA) is 36.9 Å². The summed E-state index contributed by atoms with van der Waals surface area (Å²) in [5.41, 5.74) is 0. The molecule has 2 atom stereocenters. The van der Waals surface area contributed by atoms with Crippen molar-refractivity contribution in [1.29, 1.82) is 0 Å². The summed E-state index contributed by atoms with van der Waals surface area (Å²) in [5.74, 6) is 0. The largest absolute Gasteiger partial charge is 0.457 e. The van der Waals surface area contributed by atoms with Crippen molar-refractivity contribution in [3.63, 3.8) is 0 Å². The molecule has 2 rings (SSSR count). The highest BCUT2D eigenvalue weighted by molar-refractivity contribution is 6.45. The maximum atomic E-state index is 5.66. The first kappa shape index (κ1) is 10.5. The molecule has 0 saturated carbocycles. The Hall–Kier alpha value is -0.0301. The van der Waals surface area contributed by atoms with Crippen molar-refractivity contribution in [3.8, 4) is 0 Å². The van der Waals surface area contributed by atoms with Gasteiger partial charge in [0.15, 0.2) is 0 Å². The van der Waals surface area contributed by atoms with Gasteiger partial charge in [-0.3, -0.25) is 0 Å². The van der Waals surface area contributed by atoms with Crippen molar-refractivity contribution in [2.24, 2.45) is 0 Å². The molecule has 78 valence electrons. The second-order valence-electron chi connectivity index (χ2n) is 3.69. The van der Waals surface area contributed by atoms with Gasteiger partial charge in [-0.2, -0.15) is 0 Å². The lowest BCUT2D eigenvalue weighted by Crippen LogP contribution is -2.32. The second-order valence-corrected chi connectivity index (χ2v) is 3.69. The minimum Gasteiger partial charge on any atom is -0.408 e. The molecule has 2 aliphatic rings. The van der Waals surface area contributed by atoms with Gasteiger partial charge >= 0.3 is 14.2 Å². The van der Waals surface area contributed by atoms with Crippen molar-refractivity contribution in [2.45, 2.75) is 38.7 Å². The second kappa shape index (κ2) is 4.66. The van der Waals surface area contributed by atoms with E-state index < -0.39 is 0 Å². The Bertz CT molecular complexity index is 172. The summed E-state index contributed by atoms with van der Waals surface area (Å²) in [6, 6.07) is 0. The molecule has 0 aliphatic carbocycles. The van der Waals surface area contributed by atoms with Crippen LogP contribution in [0.4, 0.5) is 0 Å². The average Bonchev–Trinajstić information content (AvgIpc) is 2.86. The predicted molar refractivity (Wildman–Crippen MR) is 54.1 cm³/mol. The van der Waals surface area contributed by atoms with Crippen LogP contribution in [0, 0.1) is 0 Å². The van der Waals surface area contributed by atoms with Gasteiger partial charge in [-0.05, 0) is 12.6 Å². The molecule has 0 N–H and O–H groups in total. The van der Waals surface area contributed by atoms with E-state index in [0.717, 1.165) is 12.6 Å². The molecule has 4 nitrogen and oxygen atoms in total. The van der Waals surface area contributed by atoms with Gasteiger partial charge in [0, 0.05) is 0 Å². The summed E-state index contributed by atoms with van der Waals surface area (Å²) >= 11 is 0. The van der Waals surface area contributed by atoms with Crippen LogP contribution in [0.1, 0.15) is 13.8 Å². The van der Waals surface area contributed by atoms with E-state index in [2.05, 4.69) is 0 Å². The fourth-order valence-electron chi connectivity index (χ4n) is 1.77. The average molecular weight is 198 g/mol. The van der Waals surface area contributed by atoms with Gasteiger partial charge in [0.05, 0.1) is 25.4 Å². The molecular formula is C8H16B2O4.